The molecular weight excluding hydrogens is 294 g/mol. The predicted molar refractivity (Wildman–Crippen MR) is 81.1 cm³/mol. The first-order valence-electron chi connectivity index (χ1n) is 6.53. The second kappa shape index (κ2) is 11.1. The molecule has 0 spiro atoms. The molecule has 0 aliphatic carbocycles. The standard InChI is InChI=1S/C14H22BrNS/c15-11-7-4-2-1-3-5-9-13-17-14-10-6-8-12-16-14/h6,8,10,12H,1-5,7,9,11,13H2. The molecule has 0 aromatic carbocycles. The highest BCUT2D eigenvalue weighted by atomic mass is 79.9. The van der Waals surface area contributed by atoms with Crippen molar-refractivity contribution in [2.75, 3.05) is 11.1 Å². The van der Waals surface area contributed by atoms with Crippen molar-refractivity contribution in [3.8, 4) is 0 Å². The van der Waals surface area contributed by atoms with Crippen LogP contribution in [0.3, 0.4) is 0 Å². The van der Waals surface area contributed by atoms with E-state index < -0.39 is 0 Å². The van der Waals surface area contributed by atoms with Gasteiger partial charge >= 0.3 is 0 Å². The lowest BCUT2D eigenvalue weighted by Crippen LogP contribution is -1.85. The Morgan fingerprint density at radius 3 is 2.29 bits per heavy atom. The van der Waals surface area contributed by atoms with Crippen LogP contribution in [0, 0.1) is 0 Å². The van der Waals surface area contributed by atoms with Crippen molar-refractivity contribution in [2.24, 2.45) is 0 Å². The number of rotatable bonds is 10. The van der Waals surface area contributed by atoms with E-state index in [1.807, 2.05) is 24.0 Å². The van der Waals surface area contributed by atoms with Gasteiger partial charge < -0.3 is 0 Å². The van der Waals surface area contributed by atoms with Crippen LogP contribution in [0.2, 0.25) is 0 Å². The van der Waals surface area contributed by atoms with Gasteiger partial charge in [-0.3, -0.25) is 0 Å². The summed E-state index contributed by atoms with van der Waals surface area (Å²) < 4.78 is 0. The molecule has 1 aromatic rings. The van der Waals surface area contributed by atoms with E-state index in [9.17, 15) is 0 Å². The molecule has 0 fully saturated rings. The minimum atomic E-state index is 1.16. The molecule has 0 unspecified atom stereocenters. The Labute approximate surface area is 118 Å². The molecule has 0 aliphatic rings. The molecule has 1 nitrogen and oxygen atoms in total. The molecule has 0 amide bonds. The maximum atomic E-state index is 4.30. The minimum Gasteiger partial charge on any atom is -0.250 e. The molecule has 0 radical (unpaired) electrons. The third kappa shape index (κ3) is 8.67. The van der Waals surface area contributed by atoms with E-state index in [-0.39, 0.29) is 0 Å². The van der Waals surface area contributed by atoms with Crippen LogP contribution in [-0.4, -0.2) is 16.1 Å². The Morgan fingerprint density at radius 2 is 1.65 bits per heavy atom. The highest BCUT2D eigenvalue weighted by Gasteiger charge is 1.95. The number of halogens is 1. The lowest BCUT2D eigenvalue weighted by molar-refractivity contribution is 0.606. The Morgan fingerprint density at radius 1 is 0.941 bits per heavy atom. The van der Waals surface area contributed by atoms with Crippen molar-refractivity contribution in [2.45, 2.75) is 50.0 Å². The molecule has 0 saturated carbocycles. The van der Waals surface area contributed by atoms with Crippen molar-refractivity contribution in [3.63, 3.8) is 0 Å². The molecule has 0 N–H and O–H groups in total. The summed E-state index contributed by atoms with van der Waals surface area (Å²) in [7, 11) is 0. The number of hydrogen-bond acceptors (Lipinski definition) is 2. The first-order valence-corrected chi connectivity index (χ1v) is 8.64. The largest absolute Gasteiger partial charge is 0.250 e. The maximum absolute atomic E-state index is 4.30. The highest BCUT2D eigenvalue weighted by Crippen LogP contribution is 2.17. The summed E-state index contributed by atoms with van der Waals surface area (Å²) in [6.45, 7) is 0. The van der Waals surface area contributed by atoms with E-state index in [0.29, 0.717) is 0 Å². The summed E-state index contributed by atoms with van der Waals surface area (Å²) in [5.41, 5.74) is 0. The van der Waals surface area contributed by atoms with Gasteiger partial charge in [-0.1, -0.05) is 54.1 Å². The van der Waals surface area contributed by atoms with E-state index in [4.69, 9.17) is 0 Å². The first-order chi connectivity index (χ1) is 8.43. The Bertz CT molecular complexity index is 266. The molecule has 3 heteroatoms. The van der Waals surface area contributed by atoms with Gasteiger partial charge in [0.1, 0.15) is 0 Å². The number of nitrogens with zero attached hydrogens (tertiary/aromatic N) is 1. The van der Waals surface area contributed by atoms with Gasteiger partial charge in [-0.25, -0.2) is 4.98 Å². The van der Waals surface area contributed by atoms with E-state index >= 15 is 0 Å². The zero-order valence-corrected chi connectivity index (χ0v) is 12.8. The van der Waals surface area contributed by atoms with Gasteiger partial charge in [0, 0.05) is 11.5 Å². The first kappa shape index (κ1) is 15.0. The summed E-state index contributed by atoms with van der Waals surface area (Å²) in [6.07, 6.45) is 11.5. The van der Waals surface area contributed by atoms with Gasteiger partial charge in [0.15, 0.2) is 0 Å². The normalized spacial score (nSPS) is 10.6. The van der Waals surface area contributed by atoms with Crippen LogP contribution in [0.25, 0.3) is 0 Å². The molecule has 0 bridgehead atoms. The van der Waals surface area contributed by atoms with Crippen molar-refractivity contribution in [1.29, 1.82) is 0 Å². The fraction of sp³-hybridized carbons (Fsp3) is 0.643. The molecule has 0 atom stereocenters. The van der Waals surface area contributed by atoms with E-state index in [1.165, 1.54) is 50.7 Å². The summed E-state index contributed by atoms with van der Waals surface area (Å²) in [5, 5.41) is 2.32. The van der Waals surface area contributed by atoms with Crippen LogP contribution in [0.4, 0.5) is 0 Å². The SMILES string of the molecule is BrCCCCCCCCCSc1ccccn1. The summed E-state index contributed by atoms with van der Waals surface area (Å²) in [6, 6.07) is 6.11. The van der Waals surface area contributed by atoms with Gasteiger partial charge in [-0.15, -0.1) is 11.8 Å². The zero-order valence-electron chi connectivity index (χ0n) is 10.4. The summed E-state index contributed by atoms with van der Waals surface area (Å²) in [4.78, 5) is 4.30. The van der Waals surface area contributed by atoms with Gasteiger partial charge in [0.2, 0.25) is 0 Å². The lowest BCUT2D eigenvalue weighted by atomic mass is 10.1. The number of unbranched alkanes of at least 4 members (excludes halogenated alkanes) is 6. The van der Waals surface area contributed by atoms with Crippen molar-refractivity contribution >= 4 is 27.7 Å². The van der Waals surface area contributed by atoms with Gasteiger partial charge in [0.25, 0.3) is 0 Å². The van der Waals surface area contributed by atoms with Gasteiger partial charge in [-0.05, 0) is 30.7 Å². The van der Waals surface area contributed by atoms with Crippen LogP contribution >= 0.6 is 27.7 Å². The van der Waals surface area contributed by atoms with Crippen LogP contribution < -0.4 is 0 Å². The van der Waals surface area contributed by atoms with Gasteiger partial charge in [0.05, 0.1) is 5.03 Å². The second-order valence-corrected chi connectivity index (χ2v) is 6.09. The number of pyridine rings is 1. The third-order valence-electron chi connectivity index (χ3n) is 2.67. The maximum Gasteiger partial charge on any atom is 0.0959 e. The minimum absolute atomic E-state index is 1.16. The molecule has 0 aliphatic heterocycles. The highest BCUT2D eigenvalue weighted by molar-refractivity contribution is 9.09. The zero-order chi connectivity index (χ0) is 12.2. The fourth-order valence-electron chi connectivity index (χ4n) is 1.69. The third-order valence-corrected chi connectivity index (χ3v) is 4.26. The Hall–Kier alpha value is -0.0200. The van der Waals surface area contributed by atoms with E-state index in [2.05, 4.69) is 33.0 Å². The molecule has 1 aromatic heterocycles. The van der Waals surface area contributed by atoms with Crippen LogP contribution in [0.5, 0.6) is 0 Å². The van der Waals surface area contributed by atoms with Crippen LogP contribution in [0.1, 0.15) is 44.9 Å². The van der Waals surface area contributed by atoms with Crippen molar-refractivity contribution in [1.82, 2.24) is 4.98 Å². The smallest absolute Gasteiger partial charge is 0.0959 e. The molecular formula is C14H22BrNS. The Balaban J connectivity index is 1.85. The predicted octanol–water partition coefficient (Wildman–Crippen LogP) is 5.30. The quantitative estimate of drug-likeness (QED) is 0.330. The molecule has 17 heavy (non-hydrogen) atoms. The topological polar surface area (TPSA) is 12.9 Å². The van der Waals surface area contributed by atoms with Crippen molar-refractivity contribution in [3.05, 3.63) is 24.4 Å². The van der Waals surface area contributed by atoms with E-state index in [0.717, 1.165) is 10.4 Å². The molecule has 1 rings (SSSR count). The molecule has 96 valence electrons. The second-order valence-electron chi connectivity index (χ2n) is 4.18. The monoisotopic (exact) mass is 315 g/mol. The summed E-state index contributed by atoms with van der Waals surface area (Å²) in [5.74, 6) is 1.21. The average molecular weight is 316 g/mol. The molecule has 0 saturated heterocycles. The Kier molecular flexibility index (Phi) is 9.81. The van der Waals surface area contributed by atoms with Crippen molar-refractivity contribution < 1.29 is 0 Å². The van der Waals surface area contributed by atoms with Gasteiger partial charge in [-0.2, -0.15) is 0 Å². The average Bonchev–Trinajstić information content (AvgIpc) is 2.38. The fourth-order valence-corrected chi connectivity index (χ4v) is 2.95. The number of alkyl halides is 1. The van der Waals surface area contributed by atoms with Crippen LogP contribution in [0.15, 0.2) is 29.4 Å². The number of thioether (sulfide) groups is 1. The lowest BCUT2D eigenvalue weighted by Gasteiger charge is -2.01. The molecule has 1 heterocycles. The summed E-state index contributed by atoms with van der Waals surface area (Å²) >= 11 is 5.34. The number of hydrogen-bond donors (Lipinski definition) is 0. The number of aromatic nitrogens is 1. The van der Waals surface area contributed by atoms with E-state index in [1.54, 1.807) is 0 Å². The van der Waals surface area contributed by atoms with Crippen LogP contribution in [-0.2, 0) is 0 Å².